The van der Waals surface area contributed by atoms with E-state index in [9.17, 15) is 10.0 Å². The van der Waals surface area contributed by atoms with Gasteiger partial charge in [0.25, 0.3) is 0 Å². The molecule has 428 valence electrons. The molecule has 0 spiro atoms. The van der Waals surface area contributed by atoms with Gasteiger partial charge in [-0.3, -0.25) is 0 Å². The molecule has 3 aliphatic rings. The van der Waals surface area contributed by atoms with Gasteiger partial charge in [-0.1, -0.05) is 245 Å². The van der Waals surface area contributed by atoms with E-state index in [0.29, 0.717) is 11.0 Å². The maximum Gasteiger partial charge on any atom is 0.497 e. The minimum atomic E-state index is -1.64. The van der Waals surface area contributed by atoms with E-state index < -0.39 is 25.4 Å². The van der Waals surface area contributed by atoms with Crippen molar-refractivity contribution in [1.82, 2.24) is 17.5 Å². The Morgan fingerprint density at radius 3 is 1.06 bits per heavy atom. The molecule has 1 aliphatic heterocycles. The number of nitrogens with zero attached hydrogens (tertiary/aromatic N) is 4. The Morgan fingerprint density at radius 1 is 0.397 bits per heavy atom. The van der Waals surface area contributed by atoms with Crippen LogP contribution in [-0.4, -0.2) is 53.0 Å². The molecule has 1 saturated heterocycles. The molecule has 0 amide bonds. The zero-order valence-electron chi connectivity index (χ0n) is 50.2. The van der Waals surface area contributed by atoms with Crippen molar-refractivity contribution in [1.29, 1.82) is 0 Å². The smallest absolute Gasteiger partial charge is 0.423 e. The fraction of sp³-hybridized carbons (Fsp3) is 0.727. The van der Waals surface area contributed by atoms with Crippen LogP contribution in [0.2, 0.25) is 0 Å². The van der Waals surface area contributed by atoms with Crippen LogP contribution >= 0.6 is 23.5 Å². The van der Waals surface area contributed by atoms with Gasteiger partial charge in [-0.25, -0.2) is 0 Å². The van der Waals surface area contributed by atoms with E-state index in [1.54, 1.807) is 0 Å². The van der Waals surface area contributed by atoms with Crippen molar-refractivity contribution >= 4 is 70.7 Å². The molecule has 2 N–H and O–H groups in total. The number of hydrogen-bond acceptors (Lipinski definition) is 10. The normalized spacial score (nSPS) is 16.4. The summed E-state index contributed by atoms with van der Waals surface area (Å²) in [5, 5.41) is 22.4. The monoisotopic (exact) mass is 1100 g/mol. The van der Waals surface area contributed by atoms with Crippen LogP contribution in [0.25, 0.3) is 44.3 Å². The van der Waals surface area contributed by atoms with Crippen molar-refractivity contribution in [3.63, 3.8) is 0 Å². The Bertz CT molecular complexity index is 2610. The zero-order valence-corrected chi connectivity index (χ0v) is 51.9. The third-order valence-corrected chi connectivity index (χ3v) is 20.6. The second kappa shape index (κ2) is 29.0. The van der Waals surface area contributed by atoms with Crippen molar-refractivity contribution in [3.05, 3.63) is 46.5 Å². The topological polar surface area (TPSA) is 110 Å². The van der Waals surface area contributed by atoms with Crippen molar-refractivity contribution in [2.75, 3.05) is 0 Å². The first-order valence-electron chi connectivity index (χ1n) is 32.4. The third kappa shape index (κ3) is 13.5. The van der Waals surface area contributed by atoms with Crippen molar-refractivity contribution in [2.24, 2.45) is 0 Å². The van der Waals surface area contributed by atoms with Crippen LogP contribution < -0.4 is 10.9 Å². The van der Waals surface area contributed by atoms with E-state index in [0.717, 1.165) is 73.4 Å². The number of aromatic nitrogens is 4. The number of benzene rings is 3. The molecule has 0 unspecified atom stereocenters. The molecule has 2 aromatic heterocycles. The van der Waals surface area contributed by atoms with E-state index in [1.807, 2.05) is 0 Å². The van der Waals surface area contributed by atoms with E-state index in [2.05, 4.69) is 79.7 Å². The Hall–Kier alpha value is -2.73. The van der Waals surface area contributed by atoms with Crippen LogP contribution in [0.1, 0.15) is 309 Å². The molecular formula is C66H102B2N4O4S2. The summed E-state index contributed by atoms with van der Waals surface area (Å²) in [6, 6.07) is 10.00. The lowest BCUT2D eigenvalue weighted by atomic mass is 9.67. The Balaban J connectivity index is 1.30. The molecule has 1 fully saturated rings. The van der Waals surface area contributed by atoms with Gasteiger partial charge in [-0.05, 0) is 98.9 Å². The Morgan fingerprint density at radius 2 is 0.705 bits per heavy atom. The fourth-order valence-corrected chi connectivity index (χ4v) is 15.4. The summed E-state index contributed by atoms with van der Waals surface area (Å²) in [5.41, 5.74) is 13.8. The van der Waals surface area contributed by atoms with Gasteiger partial charge in [0.1, 0.15) is 22.1 Å². The standard InChI is InChI=1S/C66H102B2N4O4S2/c1-9-13-17-21-25-29-33-37-41-65(42-38-34-30-26-22-18-14-10-2)51-46-50-52(45-49(51)57-53(65)47-55(67(73)74)59-61(57)71-77-69-59)66(43-39-35-31-27-23-19-15-11-3,44-40-36-32-28-24-20-16-12-4)54-48-56(60-62(58(50)54)72-78-70-60)68-75-63(5,6)64(7,8)76-68/h45-48,73-74H,9-44H2,1-8H3. The lowest BCUT2D eigenvalue weighted by Gasteiger charge is -2.35. The van der Waals surface area contributed by atoms with Crippen LogP contribution in [-0.2, 0) is 20.1 Å². The molecule has 3 aromatic carbocycles. The molecule has 78 heavy (non-hydrogen) atoms. The van der Waals surface area contributed by atoms with Crippen LogP contribution in [0.15, 0.2) is 24.3 Å². The maximum absolute atomic E-state index is 11.2. The number of rotatable bonds is 38. The van der Waals surface area contributed by atoms with Gasteiger partial charge < -0.3 is 19.4 Å². The van der Waals surface area contributed by atoms with Crippen LogP contribution in [0.4, 0.5) is 0 Å². The predicted octanol–water partition coefficient (Wildman–Crippen LogP) is 18.3. The van der Waals surface area contributed by atoms with Gasteiger partial charge in [-0.15, -0.1) is 0 Å². The SMILES string of the molecule is CCCCCCCCCCC1(CCCCCCCCCC)c2cc3c(cc2-c2c1cc(B(O)O)c1nsnc21)C(CCCCCCCCCC)(CCCCCCCCCC)c1cc(B2OC(C)(C)C(C)(C)O2)c2nsnc2c1-3. The average molecular weight is 1100 g/mol. The number of hydrogen-bond donors (Lipinski definition) is 2. The van der Waals surface area contributed by atoms with E-state index >= 15 is 0 Å². The minimum absolute atomic E-state index is 0.262. The molecule has 12 heteroatoms. The molecule has 0 radical (unpaired) electrons. The van der Waals surface area contributed by atoms with Gasteiger partial charge >= 0.3 is 14.2 Å². The maximum atomic E-state index is 11.2. The molecule has 2 aliphatic carbocycles. The van der Waals surface area contributed by atoms with Crippen LogP contribution in [0, 0.1) is 0 Å². The van der Waals surface area contributed by atoms with Crippen LogP contribution in [0.5, 0.6) is 0 Å². The molecule has 8 rings (SSSR count). The largest absolute Gasteiger partial charge is 0.497 e. The molecule has 0 atom stereocenters. The molecule has 3 heterocycles. The third-order valence-electron chi connectivity index (χ3n) is 19.5. The second-order valence-corrected chi connectivity index (χ2v) is 26.7. The molecule has 8 nitrogen and oxygen atoms in total. The summed E-state index contributed by atoms with van der Waals surface area (Å²) in [6.45, 7) is 17.9. The Kier molecular flexibility index (Phi) is 22.8. The van der Waals surface area contributed by atoms with Crippen molar-refractivity contribution in [2.45, 2.75) is 309 Å². The summed E-state index contributed by atoms with van der Waals surface area (Å²) < 4.78 is 34.4. The lowest BCUT2D eigenvalue weighted by molar-refractivity contribution is 0.00578. The van der Waals surface area contributed by atoms with E-state index in [4.69, 9.17) is 26.8 Å². The van der Waals surface area contributed by atoms with Gasteiger partial charge in [0.05, 0.1) is 34.7 Å². The van der Waals surface area contributed by atoms with Gasteiger partial charge in [0, 0.05) is 32.9 Å². The average Bonchev–Trinajstić information content (AvgIpc) is 4.31. The molecule has 0 saturated carbocycles. The van der Waals surface area contributed by atoms with Crippen LogP contribution in [0.3, 0.4) is 0 Å². The number of fused-ring (bicyclic) bond motifs is 10. The summed E-state index contributed by atoms with van der Waals surface area (Å²) in [6.07, 6.45) is 44.9. The van der Waals surface area contributed by atoms with Gasteiger partial charge in [0.15, 0.2) is 0 Å². The number of unbranched alkanes of at least 4 members (excludes halogenated alkanes) is 28. The first-order chi connectivity index (χ1) is 37.9. The predicted molar refractivity (Wildman–Crippen MR) is 335 cm³/mol. The molecule has 0 bridgehead atoms. The highest BCUT2D eigenvalue weighted by atomic mass is 32.1. The summed E-state index contributed by atoms with van der Waals surface area (Å²) in [7, 11) is -2.19. The van der Waals surface area contributed by atoms with Gasteiger partial charge in [0.2, 0.25) is 0 Å². The first kappa shape index (κ1) is 61.3. The zero-order chi connectivity index (χ0) is 55.2. The van der Waals surface area contributed by atoms with E-state index in [-0.39, 0.29) is 10.8 Å². The van der Waals surface area contributed by atoms with Crippen molar-refractivity contribution < 1.29 is 19.4 Å². The summed E-state index contributed by atoms with van der Waals surface area (Å²) >= 11 is 2.53. The quantitative estimate of drug-likeness (QED) is 0.0297. The molecular weight excluding hydrogens is 999 g/mol. The fourth-order valence-electron chi connectivity index (χ4n) is 14.2. The minimum Gasteiger partial charge on any atom is -0.423 e. The highest BCUT2D eigenvalue weighted by molar-refractivity contribution is 7.00. The van der Waals surface area contributed by atoms with Crippen molar-refractivity contribution in [3.8, 4) is 22.3 Å². The van der Waals surface area contributed by atoms with E-state index in [1.165, 1.54) is 248 Å². The molecule has 5 aromatic rings. The van der Waals surface area contributed by atoms with Gasteiger partial charge in [-0.2, -0.15) is 17.5 Å². The summed E-state index contributed by atoms with van der Waals surface area (Å²) in [4.78, 5) is 0. The highest BCUT2D eigenvalue weighted by Crippen LogP contribution is 2.62. The second-order valence-electron chi connectivity index (χ2n) is 25.7. The summed E-state index contributed by atoms with van der Waals surface area (Å²) in [5.74, 6) is 0. The first-order valence-corrected chi connectivity index (χ1v) is 33.9. The highest BCUT2D eigenvalue weighted by Gasteiger charge is 2.55. The Labute approximate surface area is 482 Å². The lowest BCUT2D eigenvalue weighted by Crippen LogP contribution is -2.41.